The van der Waals surface area contributed by atoms with Gasteiger partial charge in [-0.05, 0) is 0 Å². The summed E-state index contributed by atoms with van der Waals surface area (Å²) in [6, 6.07) is 0. The Morgan fingerprint density at radius 2 is 2.20 bits per heavy atom. The lowest BCUT2D eigenvalue weighted by Gasteiger charge is -2.25. The largest absolute Gasteiger partial charge is 0.294 e. The van der Waals surface area contributed by atoms with Crippen molar-refractivity contribution in [2.24, 2.45) is 0 Å². The van der Waals surface area contributed by atoms with Crippen LogP contribution in [0.15, 0.2) is 6.20 Å². The first-order valence-corrected chi connectivity index (χ1v) is 7.79. The highest BCUT2D eigenvalue weighted by atomic mass is 32.2. The fourth-order valence-electron chi connectivity index (χ4n) is 1.49. The number of aromatic nitrogens is 1. The number of thiazole rings is 1. The first-order chi connectivity index (χ1) is 7.18. The average molecular weight is 259 g/mol. The van der Waals surface area contributed by atoms with E-state index in [2.05, 4.69) is 11.9 Å². The molecule has 0 aromatic carbocycles. The number of ketones is 1. The zero-order valence-corrected chi connectivity index (χ0v) is 11.2. The van der Waals surface area contributed by atoms with Crippen LogP contribution in [0, 0.1) is 0 Å². The van der Waals surface area contributed by atoms with Crippen molar-refractivity contribution in [1.29, 1.82) is 0 Å². The molecular formula is C10H13NOS3. The number of nitrogens with zero attached hydrogens (tertiary/aromatic N) is 1. The van der Waals surface area contributed by atoms with Gasteiger partial charge in [0.1, 0.15) is 5.01 Å². The number of rotatable bonds is 2. The van der Waals surface area contributed by atoms with Gasteiger partial charge < -0.3 is 0 Å². The van der Waals surface area contributed by atoms with E-state index in [1.165, 1.54) is 11.5 Å². The molecule has 1 fully saturated rings. The lowest BCUT2D eigenvalue weighted by molar-refractivity contribution is 0.102. The number of carbonyl (C=O) groups is 1. The Balaban J connectivity index is 2.17. The molecule has 0 saturated carbocycles. The Morgan fingerprint density at radius 3 is 2.80 bits per heavy atom. The standard InChI is InChI=1S/C10H13NOS3/c1-6(12)8-5-11-10(15-8)9-7(2)13-3-4-14-9/h5,7,9H,3-4H2,1-2H3. The molecule has 2 nitrogen and oxygen atoms in total. The van der Waals surface area contributed by atoms with E-state index < -0.39 is 0 Å². The molecule has 1 aromatic rings. The van der Waals surface area contributed by atoms with Crippen molar-refractivity contribution in [1.82, 2.24) is 4.98 Å². The molecule has 0 N–H and O–H groups in total. The van der Waals surface area contributed by atoms with Crippen molar-refractivity contribution in [2.75, 3.05) is 11.5 Å². The maximum absolute atomic E-state index is 11.2. The molecule has 82 valence electrons. The smallest absolute Gasteiger partial charge is 0.171 e. The number of Topliss-reactive ketones (excluding diaryl/α,β-unsaturated/α-hetero) is 1. The maximum atomic E-state index is 11.2. The second-order valence-corrected chi connectivity index (χ2v) is 7.28. The summed E-state index contributed by atoms with van der Waals surface area (Å²) in [7, 11) is 0. The zero-order valence-electron chi connectivity index (χ0n) is 8.73. The molecule has 2 atom stereocenters. The third-order valence-corrected chi connectivity index (χ3v) is 6.73. The normalized spacial score (nSPS) is 26.5. The molecule has 2 unspecified atom stereocenters. The first-order valence-electron chi connectivity index (χ1n) is 4.88. The third-order valence-electron chi connectivity index (χ3n) is 2.30. The second kappa shape index (κ2) is 4.89. The van der Waals surface area contributed by atoms with Gasteiger partial charge in [-0.2, -0.15) is 11.8 Å². The van der Waals surface area contributed by atoms with E-state index in [1.807, 2.05) is 23.5 Å². The van der Waals surface area contributed by atoms with E-state index in [9.17, 15) is 4.79 Å². The molecule has 15 heavy (non-hydrogen) atoms. The molecule has 2 rings (SSSR count). The molecule has 0 bridgehead atoms. The lowest BCUT2D eigenvalue weighted by atomic mass is 10.3. The van der Waals surface area contributed by atoms with Gasteiger partial charge in [-0.25, -0.2) is 4.98 Å². The highest BCUT2D eigenvalue weighted by Gasteiger charge is 2.26. The van der Waals surface area contributed by atoms with Crippen LogP contribution in [0.1, 0.15) is 33.8 Å². The van der Waals surface area contributed by atoms with Crippen LogP contribution in [0.25, 0.3) is 0 Å². The van der Waals surface area contributed by atoms with Crippen LogP contribution in [0.2, 0.25) is 0 Å². The van der Waals surface area contributed by atoms with Crippen molar-refractivity contribution in [2.45, 2.75) is 24.3 Å². The summed E-state index contributed by atoms with van der Waals surface area (Å²) >= 11 is 5.52. The minimum absolute atomic E-state index is 0.125. The molecule has 5 heteroatoms. The summed E-state index contributed by atoms with van der Waals surface area (Å²) in [4.78, 5) is 16.3. The molecule has 0 aliphatic carbocycles. The quantitative estimate of drug-likeness (QED) is 0.763. The van der Waals surface area contributed by atoms with E-state index in [4.69, 9.17) is 0 Å². The number of hydrogen-bond acceptors (Lipinski definition) is 5. The molecule has 0 spiro atoms. The van der Waals surface area contributed by atoms with Gasteiger partial charge in [-0.15, -0.1) is 23.1 Å². The predicted octanol–water partition coefficient (Wildman–Crippen LogP) is 3.26. The van der Waals surface area contributed by atoms with Gasteiger partial charge in [0.25, 0.3) is 0 Å². The molecule has 1 aliphatic heterocycles. The molecule has 1 saturated heterocycles. The molecule has 1 aliphatic rings. The van der Waals surface area contributed by atoms with Crippen molar-refractivity contribution < 1.29 is 4.79 Å². The topological polar surface area (TPSA) is 30.0 Å². The Kier molecular flexibility index (Phi) is 3.74. The van der Waals surface area contributed by atoms with Crippen LogP contribution < -0.4 is 0 Å². The SMILES string of the molecule is CC(=O)c1cnc(C2SCCSC2C)s1. The van der Waals surface area contributed by atoms with Crippen LogP contribution in [0.4, 0.5) is 0 Å². The van der Waals surface area contributed by atoms with E-state index >= 15 is 0 Å². The van der Waals surface area contributed by atoms with Crippen LogP contribution in [0.5, 0.6) is 0 Å². The van der Waals surface area contributed by atoms with Gasteiger partial charge >= 0.3 is 0 Å². The van der Waals surface area contributed by atoms with E-state index in [1.54, 1.807) is 24.5 Å². The average Bonchev–Trinajstić information content (AvgIpc) is 2.67. The molecule has 0 radical (unpaired) electrons. The Labute approximate surface area is 102 Å². The molecular weight excluding hydrogens is 246 g/mol. The Morgan fingerprint density at radius 1 is 1.47 bits per heavy atom. The molecule has 2 heterocycles. The van der Waals surface area contributed by atoms with Gasteiger partial charge in [-0.1, -0.05) is 6.92 Å². The van der Waals surface area contributed by atoms with Gasteiger partial charge in [0.05, 0.1) is 10.1 Å². The van der Waals surface area contributed by atoms with Crippen molar-refractivity contribution >= 4 is 40.6 Å². The third kappa shape index (κ3) is 2.57. The summed E-state index contributed by atoms with van der Waals surface area (Å²) in [6.07, 6.45) is 1.72. The number of carbonyl (C=O) groups excluding carboxylic acids is 1. The summed E-state index contributed by atoms with van der Waals surface area (Å²) in [5.74, 6) is 2.54. The number of hydrogen-bond donors (Lipinski definition) is 0. The highest BCUT2D eigenvalue weighted by molar-refractivity contribution is 8.06. The fraction of sp³-hybridized carbons (Fsp3) is 0.600. The summed E-state index contributed by atoms with van der Waals surface area (Å²) in [6.45, 7) is 3.85. The van der Waals surface area contributed by atoms with Gasteiger partial charge in [0, 0.05) is 29.9 Å². The zero-order chi connectivity index (χ0) is 10.8. The predicted molar refractivity (Wildman–Crippen MR) is 69.2 cm³/mol. The monoisotopic (exact) mass is 259 g/mol. The lowest BCUT2D eigenvalue weighted by Crippen LogP contribution is -2.15. The van der Waals surface area contributed by atoms with Crippen LogP contribution >= 0.6 is 34.9 Å². The highest BCUT2D eigenvalue weighted by Crippen LogP contribution is 2.43. The van der Waals surface area contributed by atoms with E-state index in [0.29, 0.717) is 10.5 Å². The minimum Gasteiger partial charge on any atom is -0.294 e. The summed E-state index contributed by atoms with van der Waals surface area (Å²) in [5.41, 5.74) is 0. The first kappa shape index (κ1) is 11.5. The Hall–Kier alpha value is -0.0000000000000000833. The van der Waals surface area contributed by atoms with Gasteiger partial charge in [-0.3, -0.25) is 4.79 Å². The second-order valence-electron chi connectivity index (χ2n) is 3.49. The van der Waals surface area contributed by atoms with Crippen LogP contribution in [-0.4, -0.2) is 27.5 Å². The van der Waals surface area contributed by atoms with Crippen molar-refractivity contribution in [3.63, 3.8) is 0 Å². The molecule has 1 aromatic heterocycles. The van der Waals surface area contributed by atoms with Gasteiger partial charge in [0.2, 0.25) is 0 Å². The van der Waals surface area contributed by atoms with E-state index in [-0.39, 0.29) is 5.78 Å². The maximum Gasteiger partial charge on any atom is 0.171 e. The number of thioether (sulfide) groups is 2. The van der Waals surface area contributed by atoms with Crippen molar-refractivity contribution in [3.8, 4) is 0 Å². The minimum atomic E-state index is 0.125. The summed E-state index contributed by atoms with van der Waals surface area (Å²) in [5, 5.41) is 2.20. The molecule has 0 amide bonds. The summed E-state index contributed by atoms with van der Waals surface area (Å²) < 4.78 is 0. The van der Waals surface area contributed by atoms with Crippen molar-refractivity contribution in [3.05, 3.63) is 16.1 Å². The Bertz CT molecular complexity index is 363. The van der Waals surface area contributed by atoms with Crippen LogP contribution in [0.3, 0.4) is 0 Å². The van der Waals surface area contributed by atoms with Gasteiger partial charge in [0.15, 0.2) is 5.78 Å². The van der Waals surface area contributed by atoms with Crippen LogP contribution in [-0.2, 0) is 0 Å². The van der Waals surface area contributed by atoms with E-state index in [0.717, 1.165) is 9.88 Å². The fourth-order valence-corrected chi connectivity index (χ4v) is 5.47.